The van der Waals surface area contributed by atoms with Gasteiger partial charge in [-0.1, -0.05) is 30.3 Å². The molecule has 3 heteroatoms. The first kappa shape index (κ1) is 9.90. The van der Waals surface area contributed by atoms with Gasteiger partial charge in [-0.15, -0.1) is 0 Å². The molecule has 0 spiro atoms. The number of hydrogen-bond acceptors (Lipinski definition) is 3. The van der Waals surface area contributed by atoms with Gasteiger partial charge in [0.25, 0.3) is 0 Å². The molecular weight excluding hydrogens is 216 g/mol. The van der Waals surface area contributed by atoms with Crippen LogP contribution in [-0.2, 0) is 4.79 Å². The molecule has 0 amide bonds. The van der Waals surface area contributed by atoms with Crippen LogP contribution in [0.2, 0.25) is 0 Å². The fourth-order valence-electron chi connectivity index (χ4n) is 2.24. The van der Waals surface area contributed by atoms with Gasteiger partial charge in [-0.2, -0.15) is 0 Å². The summed E-state index contributed by atoms with van der Waals surface area (Å²) in [5.41, 5.74) is 1.13. The zero-order valence-electron chi connectivity index (χ0n) is 8.84. The van der Waals surface area contributed by atoms with Crippen molar-refractivity contribution in [3.63, 3.8) is 0 Å². The first-order valence-corrected chi connectivity index (χ1v) is 5.30. The van der Waals surface area contributed by atoms with E-state index in [9.17, 15) is 14.4 Å². The molecule has 1 aromatic carbocycles. The average molecular weight is 224 g/mol. The second-order valence-corrected chi connectivity index (χ2v) is 4.08. The molecule has 0 aliphatic heterocycles. The lowest BCUT2D eigenvalue weighted by Crippen LogP contribution is -2.30. The van der Waals surface area contributed by atoms with Gasteiger partial charge < -0.3 is 0 Å². The molecular formula is C14H8O3. The Morgan fingerprint density at radius 3 is 2.41 bits per heavy atom. The van der Waals surface area contributed by atoms with E-state index in [1.54, 1.807) is 24.3 Å². The van der Waals surface area contributed by atoms with Crippen LogP contribution in [0.15, 0.2) is 48.1 Å². The quantitative estimate of drug-likeness (QED) is 0.674. The minimum absolute atomic E-state index is 0.116. The monoisotopic (exact) mass is 224 g/mol. The normalized spacial score (nSPS) is 22.0. The van der Waals surface area contributed by atoms with Gasteiger partial charge in [0.2, 0.25) is 0 Å². The minimum Gasteiger partial charge on any atom is -0.293 e. The molecule has 2 aliphatic rings. The number of hydrogen-bond donors (Lipinski definition) is 0. The zero-order chi connectivity index (χ0) is 12.0. The number of carbonyl (C=O) groups excluding carboxylic acids is 3. The van der Waals surface area contributed by atoms with E-state index >= 15 is 0 Å². The molecule has 0 saturated carbocycles. The number of allylic oxidation sites excluding steroid dienone is 4. The summed E-state index contributed by atoms with van der Waals surface area (Å²) in [6, 6.07) is 6.72. The van der Waals surface area contributed by atoms with Crippen molar-refractivity contribution in [2.75, 3.05) is 0 Å². The van der Waals surface area contributed by atoms with Crippen molar-refractivity contribution in [2.24, 2.45) is 5.92 Å². The molecule has 1 atom stereocenters. The predicted molar refractivity (Wildman–Crippen MR) is 60.8 cm³/mol. The molecule has 0 fully saturated rings. The first-order chi connectivity index (χ1) is 8.18. The molecule has 2 aliphatic carbocycles. The largest absolute Gasteiger partial charge is 0.293 e. The number of carbonyl (C=O) groups is 3. The van der Waals surface area contributed by atoms with Crippen LogP contribution in [0.4, 0.5) is 0 Å². The first-order valence-electron chi connectivity index (χ1n) is 5.30. The fourth-order valence-corrected chi connectivity index (χ4v) is 2.24. The zero-order valence-corrected chi connectivity index (χ0v) is 8.84. The van der Waals surface area contributed by atoms with Crippen molar-refractivity contribution in [1.29, 1.82) is 0 Å². The summed E-state index contributed by atoms with van der Waals surface area (Å²) in [5, 5.41) is 0. The molecule has 0 N–H and O–H groups in total. The third kappa shape index (κ3) is 1.32. The Kier molecular flexibility index (Phi) is 1.95. The fraction of sp³-hybridized carbons (Fsp3) is 0.0714. The summed E-state index contributed by atoms with van der Waals surface area (Å²) in [5.74, 6) is -1.16. The smallest absolute Gasteiger partial charge is 0.190 e. The topological polar surface area (TPSA) is 51.2 Å². The van der Waals surface area contributed by atoms with Gasteiger partial charge in [-0.25, -0.2) is 0 Å². The van der Waals surface area contributed by atoms with E-state index in [1.807, 2.05) is 0 Å². The number of fused-ring (bicyclic) bond motifs is 2. The maximum absolute atomic E-state index is 12.1. The lowest BCUT2D eigenvalue weighted by molar-refractivity contribution is -0.110. The van der Waals surface area contributed by atoms with E-state index in [4.69, 9.17) is 0 Å². The Morgan fingerprint density at radius 1 is 0.941 bits per heavy atom. The van der Waals surface area contributed by atoms with Crippen LogP contribution < -0.4 is 0 Å². The molecule has 0 unspecified atom stereocenters. The second kappa shape index (κ2) is 3.35. The Hall–Kier alpha value is -2.29. The summed E-state index contributed by atoms with van der Waals surface area (Å²) >= 11 is 0. The van der Waals surface area contributed by atoms with Gasteiger partial charge in [0.1, 0.15) is 0 Å². The molecule has 1 aromatic rings. The second-order valence-electron chi connectivity index (χ2n) is 4.08. The van der Waals surface area contributed by atoms with Crippen molar-refractivity contribution in [3.8, 4) is 0 Å². The number of rotatable bonds is 0. The van der Waals surface area contributed by atoms with Crippen LogP contribution >= 0.6 is 0 Å². The highest BCUT2D eigenvalue weighted by atomic mass is 16.1. The van der Waals surface area contributed by atoms with E-state index in [0.29, 0.717) is 16.7 Å². The van der Waals surface area contributed by atoms with Crippen molar-refractivity contribution in [3.05, 3.63) is 59.2 Å². The number of ketones is 3. The summed E-state index contributed by atoms with van der Waals surface area (Å²) in [6.45, 7) is 0. The Balaban J connectivity index is 2.25. The summed E-state index contributed by atoms with van der Waals surface area (Å²) in [6.07, 6.45) is 4.11. The maximum atomic E-state index is 12.1. The Morgan fingerprint density at radius 2 is 1.65 bits per heavy atom. The Bertz CT molecular complexity index is 620. The average Bonchev–Trinajstić information content (AvgIpc) is 2.36. The molecule has 3 nitrogen and oxygen atoms in total. The highest BCUT2D eigenvalue weighted by Crippen LogP contribution is 2.32. The summed E-state index contributed by atoms with van der Waals surface area (Å²) < 4.78 is 0. The standard InChI is InChI=1S/C14H8O3/c15-8-5-6-11-12(7-8)14(17)10-4-2-1-3-9(10)13(11)16/h1-7,11H/t11-/m0/s1. The van der Waals surface area contributed by atoms with Crippen molar-refractivity contribution in [1.82, 2.24) is 0 Å². The molecule has 3 rings (SSSR count). The van der Waals surface area contributed by atoms with Crippen molar-refractivity contribution >= 4 is 17.3 Å². The van der Waals surface area contributed by atoms with E-state index in [-0.39, 0.29) is 17.3 Å². The van der Waals surface area contributed by atoms with Crippen LogP contribution in [0, 0.1) is 5.92 Å². The van der Waals surface area contributed by atoms with Crippen LogP contribution in [0.25, 0.3) is 0 Å². The van der Waals surface area contributed by atoms with E-state index in [2.05, 4.69) is 0 Å². The van der Waals surface area contributed by atoms with Gasteiger partial charge >= 0.3 is 0 Å². The van der Waals surface area contributed by atoms with Gasteiger partial charge in [-0.3, -0.25) is 14.4 Å². The van der Waals surface area contributed by atoms with Crippen LogP contribution in [0.5, 0.6) is 0 Å². The number of benzene rings is 1. The maximum Gasteiger partial charge on any atom is 0.190 e. The van der Waals surface area contributed by atoms with Gasteiger partial charge in [-0.05, 0) is 12.2 Å². The third-order valence-electron chi connectivity index (χ3n) is 3.07. The molecule has 82 valence electrons. The number of Topliss-reactive ketones (excluding diaryl/α,β-unsaturated/α-hetero) is 2. The van der Waals surface area contributed by atoms with Crippen molar-refractivity contribution < 1.29 is 14.4 Å². The third-order valence-corrected chi connectivity index (χ3v) is 3.07. The van der Waals surface area contributed by atoms with Crippen LogP contribution in [0.1, 0.15) is 20.7 Å². The lowest BCUT2D eigenvalue weighted by Gasteiger charge is -2.24. The van der Waals surface area contributed by atoms with Crippen LogP contribution in [0.3, 0.4) is 0 Å². The van der Waals surface area contributed by atoms with Crippen LogP contribution in [-0.4, -0.2) is 17.3 Å². The summed E-state index contributed by atoms with van der Waals surface area (Å²) in [4.78, 5) is 35.5. The highest BCUT2D eigenvalue weighted by molar-refractivity contribution is 6.26. The molecule has 0 radical (unpaired) electrons. The van der Waals surface area contributed by atoms with E-state index in [0.717, 1.165) is 0 Å². The van der Waals surface area contributed by atoms with Crippen molar-refractivity contribution in [2.45, 2.75) is 0 Å². The molecule has 0 saturated heterocycles. The van der Waals surface area contributed by atoms with E-state index in [1.165, 1.54) is 18.2 Å². The minimum atomic E-state index is -0.588. The molecule has 0 aromatic heterocycles. The SMILES string of the molecule is O=C1C=C[C@@H]2C(=O)c3ccccc3C(=O)C2=C1. The Labute approximate surface area is 97.4 Å². The van der Waals surface area contributed by atoms with Gasteiger partial charge in [0.05, 0.1) is 5.92 Å². The molecule has 17 heavy (non-hydrogen) atoms. The predicted octanol–water partition coefficient (Wildman–Crippen LogP) is 1.75. The molecule has 0 bridgehead atoms. The lowest BCUT2D eigenvalue weighted by atomic mass is 9.76. The van der Waals surface area contributed by atoms with Gasteiger partial charge in [0.15, 0.2) is 17.3 Å². The molecule has 0 heterocycles. The summed E-state index contributed by atoms with van der Waals surface area (Å²) in [7, 11) is 0. The van der Waals surface area contributed by atoms with E-state index < -0.39 is 5.92 Å². The van der Waals surface area contributed by atoms with Gasteiger partial charge in [0, 0.05) is 16.7 Å². The highest BCUT2D eigenvalue weighted by Gasteiger charge is 2.36.